The molecule has 0 spiro atoms. The summed E-state index contributed by atoms with van der Waals surface area (Å²) < 4.78 is 22.3. The van der Waals surface area contributed by atoms with Gasteiger partial charge in [0, 0.05) is 12.1 Å². The number of hydrogen-bond donors (Lipinski definition) is 2. The van der Waals surface area contributed by atoms with E-state index in [4.69, 9.17) is 42.1 Å². The molecule has 4 aromatic carbocycles. The number of halogens is 2. The van der Waals surface area contributed by atoms with Crippen LogP contribution in [0, 0.1) is 0 Å². The van der Waals surface area contributed by atoms with Crippen molar-refractivity contribution in [3.63, 3.8) is 0 Å². The van der Waals surface area contributed by atoms with E-state index in [-0.39, 0.29) is 21.4 Å². The molecule has 0 radical (unpaired) electrons. The number of ether oxygens (including phenoxy) is 4. The Labute approximate surface area is 334 Å². The fourth-order valence-corrected chi connectivity index (χ4v) is 5.54. The summed E-state index contributed by atoms with van der Waals surface area (Å²) in [5.41, 5.74) is 2.37. The summed E-state index contributed by atoms with van der Waals surface area (Å²) in [6.07, 6.45) is 0. The standard InChI is InChI=1S/C40H42Cl2N6O8/c1-7-53-27-13-17-35(55-9-3)33(21-27)43-39(51)37(23(5)49)47-45-31-15-11-25(19-29(31)41)26-12-16-32(30(42)20-26)46-48-38(24(6)50)40(52)44-34-22-28(54-8-2)14-18-36(34)56-10-4/h11-22,37-38H,7-10H2,1-6H3,(H,43,51)(H,44,52). The summed E-state index contributed by atoms with van der Waals surface area (Å²) in [6.45, 7) is 11.3. The van der Waals surface area contributed by atoms with Crippen molar-refractivity contribution in [1.82, 2.24) is 0 Å². The number of benzene rings is 4. The van der Waals surface area contributed by atoms with Gasteiger partial charge in [-0.2, -0.15) is 20.5 Å². The second-order valence-electron chi connectivity index (χ2n) is 11.8. The Morgan fingerprint density at radius 2 is 0.929 bits per heavy atom. The highest BCUT2D eigenvalue weighted by atomic mass is 35.5. The molecule has 2 unspecified atom stereocenters. The summed E-state index contributed by atoms with van der Waals surface area (Å²) in [5, 5.41) is 22.0. The molecule has 0 heterocycles. The van der Waals surface area contributed by atoms with Crippen LogP contribution in [-0.2, 0) is 19.2 Å². The summed E-state index contributed by atoms with van der Waals surface area (Å²) in [5.74, 6) is -0.677. The lowest BCUT2D eigenvalue weighted by Crippen LogP contribution is -2.32. The molecule has 4 rings (SSSR count). The van der Waals surface area contributed by atoms with E-state index >= 15 is 0 Å². The average molecular weight is 806 g/mol. The van der Waals surface area contributed by atoms with Crippen LogP contribution in [0.2, 0.25) is 10.0 Å². The maximum atomic E-state index is 13.2. The van der Waals surface area contributed by atoms with Crippen LogP contribution in [0.25, 0.3) is 11.1 Å². The summed E-state index contributed by atoms with van der Waals surface area (Å²) >= 11 is 13.1. The lowest BCUT2D eigenvalue weighted by molar-refractivity contribution is -0.127. The largest absolute Gasteiger partial charge is 0.494 e. The maximum Gasteiger partial charge on any atom is 0.258 e. The second kappa shape index (κ2) is 20.7. The quantitative estimate of drug-likeness (QED) is 0.0695. The van der Waals surface area contributed by atoms with Crippen molar-refractivity contribution in [2.24, 2.45) is 20.5 Å². The molecule has 0 aromatic heterocycles. The third-order valence-electron chi connectivity index (χ3n) is 7.70. The number of carbonyl (C=O) groups is 4. The summed E-state index contributed by atoms with van der Waals surface area (Å²) in [6, 6.07) is 16.8. The Morgan fingerprint density at radius 1 is 0.554 bits per heavy atom. The SMILES string of the molecule is CCOc1ccc(OCC)c(NC(=O)C(N=Nc2ccc(-c3ccc(N=NC(C(C)=O)C(=O)Nc4cc(OCC)ccc4OCC)c(Cl)c3)cc2Cl)C(C)=O)c1. The molecule has 56 heavy (non-hydrogen) atoms. The van der Waals surface area contributed by atoms with Crippen molar-refractivity contribution in [1.29, 1.82) is 0 Å². The van der Waals surface area contributed by atoms with Crippen LogP contribution >= 0.6 is 23.2 Å². The lowest BCUT2D eigenvalue weighted by Gasteiger charge is -2.15. The monoisotopic (exact) mass is 804 g/mol. The first-order valence-electron chi connectivity index (χ1n) is 17.7. The first kappa shape index (κ1) is 42.9. The van der Waals surface area contributed by atoms with E-state index in [0.717, 1.165) is 0 Å². The normalized spacial score (nSPS) is 12.2. The van der Waals surface area contributed by atoms with Gasteiger partial charge in [0.25, 0.3) is 11.8 Å². The highest BCUT2D eigenvalue weighted by Crippen LogP contribution is 2.36. The highest BCUT2D eigenvalue weighted by Gasteiger charge is 2.26. The topological polar surface area (TPSA) is 179 Å². The highest BCUT2D eigenvalue weighted by molar-refractivity contribution is 6.34. The third-order valence-corrected chi connectivity index (χ3v) is 8.30. The van der Waals surface area contributed by atoms with E-state index in [9.17, 15) is 19.2 Å². The van der Waals surface area contributed by atoms with Gasteiger partial charge in [-0.25, -0.2) is 0 Å². The molecule has 294 valence electrons. The van der Waals surface area contributed by atoms with Crippen molar-refractivity contribution >= 4 is 69.3 Å². The van der Waals surface area contributed by atoms with Gasteiger partial charge in [0.2, 0.25) is 12.1 Å². The molecule has 2 atom stereocenters. The molecular weight excluding hydrogens is 763 g/mol. The Kier molecular flexibility index (Phi) is 15.9. The van der Waals surface area contributed by atoms with Crippen molar-refractivity contribution in [2.75, 3.05) is 37.1 Å². The molecule has 16 heteroatoms. The second-order valence-corrected chi connectivity index (χ2v) is 12.6. The molecule has 2 N–H and O–H groups in total. The fourth-order valence-electron chi connectivity index (χ4n) is 5.10. The summed E-state index contributed by atoms with van der Waals surface area (Å²) in [7, 11) is 0. The molecule has 0 aliphatic heterocycles. The first-order valence-corrected chi connectivity index (χ1v) is 18.5. The van der Waals surface area contributed by atoms with Gasteiger partial charge >= 0.3 is 0 Å². The van der Waals surface area contributed by atoms with Crippen LogP contribution in [0.4, 0.5) is 22.7 Å². The lowest BCUT2D eigenvalue weighted by atomic mass is 10.0. The summed E-state index contributed by atoms with van der Waals surface area (Å²) in [4.78, 5) is 51.3. The number of nitrogens with one attached hydrogen (secondary N) is 2. The zero-order chi connectivity index (χ0) is 40.8. The maximum absolute atomic E-state index is 13.2. The van der Waals surface area contributed by atoms with Crippen LogP contribution in [0.1, 0.15) is 41.5 Å². The van der Waals surface area contributed by atoms with Crippen LogP contribution in [0.15, 0.2) is 93.3 Å². The zero-order valence-electron chi connectivity index (χ0n) is 31.7. The van der Waals surface area contributed by atoms with Crippen molar-refractivity contribution in [3.05, 3.63) is 82.8 Å². The Morgan fingerprint density at radius 3 is 1.25 bits per heavy atom. The smallest absolute Gasteiger partial charge is 0.258 e. The zero-order valence-corrected chi connectivity index (χ0v) is 33.2. The molecule has 0 fully saturated rings. The number of anilines is 2. The van der Waals surface area contributed by atoms with Crippen molar-refractivity contribution in [2.45, 2.75) is 53.6 Å². The Hall–Kier alpha value is -5.86. The van der Waals surface area contributed by atoms with E-state index < -0.39 is 35.5 Å². The van der Waals surface area contributed by atoms with Crippen LogP contribution in [0.3, 0.4) is 0 Å². The van der Waals surface area contributed by atoms with E-state index in [1.165, 1.54) is 13.8 Å². The molecule has 0 aliphatic carbocycles. The number of hydrogen-bond acceptors (Lipinski definition) is 12. The van der Waals surface area contributed by atoms with E-state index in [2.05, 4.69) is 31.1 Å². The molecule has 0 saturated heterocycles. The molecule has 14 nitrogen and oxygen atoms in total. The molecule has 0 bridgehead atoms. The minimum Gasteiger partial charge on any atom is -0.494 e. The predicted molar refractivity (Wildman–Crippen MR) is 215 cm³/mol. The van der Waals surface area contributed by atoms with Crippen LogP contribution in [0.5, 0.6) is 23.0 Å². The molecule has 4 aromatic rings. The number of Topliss-reactive ketones (excluding diaryl/α,β-unsaturated/α-hetero) is 2. The van der Waals surface area contributed by atoms with Gasteiger partial charge in [0.1, 0.15) is 34.4 Å². The van der Waals surface area contributed by atoms with Crippen molar-refractivity contribution in [3.8, 4) is 34.1 Å². The molecular formula is C40H42Cl2N6O8. The van der Waals surface area contributed by atoms with E-state index in [1.807, 2.05) is 13.8 Å². The number of amides is 2. The fraction of sp³-hybridized carbons (Fsp3) is 0.300. The van der Waals surface area contributed by atoms with E-state index in [0.29, 0.717) is 71.9 Å². The first-order chi connectivity index (χ1) is 26.9. The van der Waals surface area contributed by atoms with Gasteiger partial charge in [-0.3, -0.25) is 19.2 Å². The van der Waals surface area contributed by atoms with Crippen LogP contribution < -0.4 is 29.6 Å². The number of ketones is 2. The number of azo groups is 2. The van der Waals surface area contributed by atoms with Gasteiger partial charge in [-0.15, -0.1) is 0 Å². The minimum atomic E-state index is -1.47. The third kappa shape index (κ3) is 11.6. The van der Waals surface area contributed by atoms with E-state index in [1.54, 1.807) is 86.6 Å². The molecule has 2 amide bonds. The number of nitrogens with zero attached hydrogens (tertiary/aromatic N) is 4. The average Bonchev–Trinajstić information content (AvgIpc) is 3.15. The molecule has 0 aliphatic rings. The van der Waals surface area contributed by atoms with Gasteiger partial charge in [0.05, 0.1) is 47.8 Å². The van der Waals surface area contributed by atoms with Gasteiger partial charge in [-0.05, 0) is 101 Å². The van der Waals surface area contributed by atoms with Gasteiger partial charge < -0.3 is 29.6 Å². The van der Waals surface area contributed by atoms with Crippen molar-refractivity contribution < 1.29 is 38.1 Å². The predicted octanol–water partition coefficient (Wildman–Crippen LogP) is 9.62. The number of carbonyl (C=O) groups excluding carboxylic acids is 4. The Bertz CT molecular complexity index is 1980. The Balaban J connectivity index is 1.49. The number of rotatable bonds is 19. The minimum absolute atomic E-state index is 0.187. The van der Waals surface area contributed by atoms with Gasteiger partial charge in [-0.1, -0.05) is 35.3 Å². The van der Waals surface area contributed by atoms with Gasteiger partial charge in [0.15, 0.2) is 11.6 Å². The molecule has 0 saturated carbocycles. The van der Waals surface area contributed by atoms with Crippen LogP contribution in [-0.4, -0.2) is 61.9 Å².